The Morgan fingerprint density at radius 2 is 1.46 bits per heavy atom. The molecule has 6 nitrogen and oxygen atoms in total. The fraction of sp³-hybridized carbons (Fsp3) is 0.690. The van der Waals surface area contributed by atoms with E-state index in [1.165, 1.54) is 25.7 Å². The summed E-state index contributed by atoms with van der Waals surface area (Å²) in [6.07, 6.45) is 12.9. The lowest BCUT2D eigenvalue weighted by Crippen LogP contribution is -2.28. The highest BCUT2D eigenvalue weighted by molar-refractivity contribution is 6.04. The first-order chi connectivity index (χ1) is 16.7. The van der Waals surface area contributed by atoms with Crippen LogP contribution in [0.5, 0.6) is 0 Å². The van der Waals surface area contributed by atoms with Gasteiger partial charge < -0.3 is 16.8 Å². The third-order valence-electron chi connectivity index (χ3n) is 8.53. The maximum absolute atomic E-state index is 13.0. The summed E-state index contributed by atoms with van der Waals surface area (Å²) in [4.78, 5) is 37.9. The SMILES string of the molecule is CCCCCC1CCC(C(=O)Nc2cc(C(N)=O)c(C3CCC(C(C)C)CC3)c(C(N)=O)c2)CC1. The fourth-order valence-corrected chi connectivity index (χ4v) is 6.29. The van der Waals surface area contributed by atoms with Gasteiger partial charge in [0.1, 0.15) is 0 Å². The van der Waals surface area contributed by atoms with Crippen molar-refractivity contribution >= 4 is 23.4 Å². The molecule has 0 aliphatic heterocycles. The Balaban J connectivity index is 1.74. The van der Waals surface area contributed by atoms with Crippen LogP contribution in [0.2, 0.25) is 0 Å². The third-order valence-corrected chi connectivity index (χ3v) is 8.53. The molecule has 194 valence electrons. The van der Waals surface area contributed by atoms with Crippen molar-refractivity contribution in [2.24, 2.45) is 35.1 Å². The Morgan fingerprint density at radius 3 is 1.94 bits per heavy atom. The van der Waals surface area contributed by atoms with Gasteiger partial charge in [0.15, 0.2) is 0 Å². The van der Waals surface area contributed by atoms with Gasteiger partial charge in [-0.15, -0.1) is 0 Å². The van der Waals surface area contributed by atoms with Gasteiger partial charge in [0.05, 0.1) is 0 Å². The molecule has 2 aliphatic carbocycles. The van der Waals surface area contributed by atoms with Crippen molar-refractivity contribution in [1.82, 2.24) is 0 Å². The summed E-state index contributed by atoms with van der Waals surface area (Å²) in [6, 6.07) is 3.29. The van der Waals surface area contributed by atoms with Crippen molar-refractivity contribution in [3.05, 3.63) is 28.8 Å². The molecule has 0 aromatic heterocycles. The molecule has 0 atom stereocenters. The zero-order chi connectivity index (χ0) is 25.5. The molecule has 0 saturated heterocycles. The molecule has 6 heteroatoms. The molecule has 0 spiro atoms. The van der Waals surface area contributed by atoms with Gasteiger partial charge in [-0.1, -0.05) is 46.5 Å². The minimum absolute atomic E-state index is 0.0440. The molecule has 0 heterocycles. The number of hydrogen-bond acceptors (Lipinski definition) is 3. The zero-order valence-corrected chi connectivity index (χ0v) is 21.9. The second-order valence-electron chi connectivity index (χ2n) is 11.3. The van der Waals surface area contributed by atoms with Gasteiger partial charge in [0.25, 0.3) is 0 Å². The lowest BCUT2D eigenvalue weighted by Gasteiger charge is -2.33. The van der Waals surface area contributed by atoms with E-state index in [0.717, 1.165) is 57.3 Å². The number of carbonyl (C=O) groups is 3. The lowest BCUT2D eigenvalue weighted by molar-refractivity contribution is -0.121. The standard InChI is InChI=1S/C29H45N3O3/c1-4-5-6-7-19-8-10-22(11-9-19)29(35)32-23-16-24(27(30)33)26(25(17-23)28(31)34)21-14-12-20(13-15-21)18(2)3/h16-22H,4-15H2,1-3H3,(H2,30,33)(H2,31,34)(H,32,35). The van der Waals surface area contributed by atoms with Gasteiger partial charge in [-0.05, 0) is 92.7 Å². The molecule has 2 fully saturated rings. The van der Waals surface area contributed by atoms with Crippen LogP contribution in [0.25, 0.3) is 0 Å². The summed E-state index contributed by atoms with van der Waals surface area (Å²) < 4.78 is 0. The zero-order valence-electron chi connectivity index (χ0n) is 21.9. The minimum atomic E-state index is -0.586. The smallest absolute Gasteiger partial charge is 0.249 e. The van der Waals surface area contributed by atoms with Crippen molar-refractivity contribution in [3.63, 3.8) is 0 Å². The predicted octanol–water partition coefficient (Wildman–Crippen LogP) is 6.14. The Bertz CT molecular complexity index is 859. The van der Waals surface area contributed by atoms with Gasteiger partial charge in [0, 0.05) is 22.7 Å². The van der Waals surface area contributed by atoms with Crippen LogP contribution < -0.4 is 16.8 Å². The van der Waals surface area contributed by atoms with Crippen LogP contribution in [0.1, 0.15) is 130 Å². The highest BCUT2D eigenvalue weighted by Crippen LogP contribution is 2.42. The van der Waals surface area contributed by atoms with Gasteiger partial charge in [-0.2, -0.15) is 0 Å². The van der Waals surface area contributed by atoms with E-state index < -0.39 is 11.8 Å². The van der Waals surface area contributed by atoms with Crippen LogP contribution in [0, 0.1) is 23.7 Å². The summed E-state index contributed by atoms with van der Waals surface area (Å²) in [7, 11) is 0. The molecule has 2 aliphatic rings. The molecule has 3 rings (SSSR count). The van der Waals surface area contributed by atoms with E-state index in [2.05, 4.69) is 26.1 Å². The van der Waals surface area contributed by atoms with Gasteiger partial charge in [-0.25, -0.2) is 0 Å². The van der Waals surface area contributed by atoms with Crippen molar-refractivity contribution in [3.8, 4) is 0 Å². The van der Waals surface area contributed by atoms with E-state index in [4.69, 9.17) is 11.5 Å². The second kappa shape index (κ2) is 12.5. The first-order valence-corrected chi connectivity index (χ1v) is 13.8. The fourth-order valence-electron chi connectivity index (χ4n) is 6.29. The molecule has 2 saturated carbocycles. The molecular formula is C29H45N3O3. The van der Waals surface area contributed by atoms with Crippen LogP contribution in [0.4, 0.5) is 5.69 Å². The van der Waals surface area contributed by atoms with E-state index in [1.807, 2.05) is 0 Å². The van der Waals surface area contributed by atoms with E-state index in [-0.39, 0.29) is 17.7 Å². The maximum Gasteiger partial charge on any atom is 0.249 e. The topological polar surface area (TPSA) is 115 Å². The van der Waals surface area contributed by atoms with E-state index in [1.54, 1.807) is 12.1 Å². The molecule has 5 N–H and O–H groups in total. The molecule has 0 radical (unpaired) electrons. The summed E-state index contributed by atoms with van der Waals surface area (Å²) in [5.41, 5.74) is 13.3. The number of primary amides is 2. The molecule has 1 aromatic carbocycles. The Morgan fingerprint density at radius 1 is 0.886 bits per heavy atom. The van der Waals surface area contributed by atoms with E-state index in [0.29, 0.717) is 34.2 Å². The van der Waals surface area contributed by atoms with Crippen LogP contribution in [0.15, 0.2) is 12.1 Å². The maximum atomic E-state index is 13.0. The molecular weight excluding hydrogens is 438 g/mol. The predicted molar refractivity (Wildman–Crippen MR) is 141 cm³/mol. The summed E-state index contributed by atoms with van der Waals surface area (Å²) in [5, 5.41) is 2.97. The summed E-state index contributed by atoms with van der Waals surface area (Å²) in [6.45, 7) is 6.70. The first-order valence-electron chi connectivity index (χ1n) is 13.8. The van der Waals surface area contributed by atoms with E-state index >= 15 is 0 Å². The molecule has 1 aromatic rings. The number of carbonyl (C=O) groups excluding carboxylic acids is 3. The molecule has 35 heavy (non-hydrogen) atoms. The Labute approximate surface area is 211 Å². The quantitative estimate of drug-likeness (QED) is 0.347. The number of nitrogens with two attached hydrogens (primary N) is 2. The molecule has 0 unspecified atom stereocenters. The van der Waals surface area contributed by atoms with Crippen LogP contribution in [-0.4, -0.2) is 17.7 Å². The molecule has 3 amide bonds. The van der Waals surface area contributed by atoms with Crippen LogP contribution >= 0.6 is 0 Å². The third kappa shape index (κ3) is 7.08. The second-order valence-corrected chi connectivity index (χ2v) is 11.3. The van der Waals surface area contributed by atoms with Crippen molar-refractivity contribution < 1.29 is 14.4 Å². The number of benzene rings is 1. The lowest BCUT2D eigenvalue weighted by atomic mass is 9.72. The normalized spacial score (nSPS) is 24.8. The van der Waals surface area contributed by atoms with Crippen LogP contribution in [-0.2, 0) is 4.79 Å². The summed E-state index contributed by atoms with van der Waals surface area (Å²) in [5.74, 6) is 0.799. The van der Waals surface area contributed by atoms with Crippen molar-refractivity contribution in [2.45, 2.75) is 104 Å². The van der Waals surface area contributed by atoms with Crippen LogP contribution in [0.3, 0.4) is 0 Å². The summed E-state index contributed by atoms with van der Waals surface area (Å²) >= 11 is 0. The van der Waals surface area contributed by atoms with Gasteiger partial charge in [-0.3, -0.25) is 14.4 Å². The highest BCUT2D eigenvalue weighted by Gasteiger charge is 2.31. The number of rotatable bonds is 10. The monoisotopic (exact) mass is 483 g/mol. The number of unbranched alkanes of at least 4 members (excludes halogenated alkanes) is 2. The molecule has 0 bridgehead atoms. The van der Waals surface area contributed by atoms with Crippen molar-refractivity contribution in [1.29, 1.82) is 0 Å². The number of hydrogen-bond donors (Lipinski definition) is 3. The first kappa shape index (κ1) is 27.2. The average Bonchev–Trinajstić information content (AvgIpc) is 2.84. The number of amides is 3. The van der Waals surface area contributed by atoms with Crippen molar-refractivity contribution in [2.75, 3.05) is 5.32 Å². The van der Waals surface area contributed by atoms with E-state index in [9.17, 15) is 14.4 Å². The Hall–Kier alpha value is -2.37. The minimum Gasteiger partial charge on any atom is -0.366 e. The number of anilines is 1. The van der Waals surface area contributed by atoms with Gasteiger partial charge in [0.2, 0.25) is 17.7 Å². The number of nitrogens with one attached hydrogen (secondary N) is 1. The Kier molecular flexibility index (Phi) is 9.76. The van der Waals surface area contributed by atoms with Gasteiger partial charge >= 0.3 is 0 Å². The average molecular weight is 484 g/mol. The highest BCUT2D eigenvalue weighted by atomic mass is 16.2. The largest absolute Gasteiger partial charge is 0.366 e.